The summed E-state index contributed by atoms with van der Waals surface area (Å²) in [7, 11) is -0.800. The van der Waals surface area contributed by atoms with Crippen molar-refractivity contribution in [3.63, 3.8) is 0 Å². The van der Waals surface area contributed by atoms with E-state index in [0.29, 0.717) is 17.0 Å². The van der Waals surface area contributed by atoms with Crippen LogP contribution in [0, 0.1) is 6.92 Å². The second kappa shape index (κ2) is 9.22. The van der Waals surface area contributed by atoms with Crippen LogP contribution in [0.15, 0.2) is 77.7 Å². The summed E-state index contributed by atoms with van der Waals surface area (Å²) in [6, 6.07) is 20.5. The fourth-order valence-electron chi connectivity index (χ4n) is 3.11. The van der Waals surface area contributed by atoms with Gasteiger partial charge in [0.1, 0.15) is 5.75 Å². The van der Waals surface area contributed by atoms with Gasteiger partial charge in [0.15, 0.2) is 0 Å². The number of methoxy groups -OCH3 is 1. The van der Waals surface area contributed by atoms with Gasteiger partial charge in [-0.05, 0) is 61.9 Å². The maximum Gasteiger partial charge on any atom is 0.264 e. The van der Waals surface area contributed by atoms with Crippen LogP contribution < -0.4 is 14.4 Å². The first kappa shape index (κ1) is 22.4. The molecule has 0 aromatic heterocycles. The van der Waals surface area contributed by atoms with Crippen LogP contribution in [0.3, 0.4) is 0 Å². The summed E-state index contributed by atoms with van der Waals surface area (Å²) in [5.74, 6) is 0.299. The number of hydrogen-bond donors (Lipinski definition) is 1. The third kappa shape index (κ3) is 5.06. The molecule has 6 nitrogen and oxygen atoms in total. The van der Waals surface area contributed by atoms with Crippen molar-refractivity contribution in [3.05, 3.63) is 89.5 Å². The molecule has 0 bridgehead atoms. The minimum absolute atomic E-state index is 0.138. The van der Waals surface area contributed by atoms with Gasteiger partial charge in [-0.2, -0.15) is 0 Å². The quantitative estimate of drug-likeness (QED) is 0.596. The monoisotopic (exact) mass is 438 g/mol. The topological polar surface area (TPSA) is 75.7 Å². The van der Waals surface area contributed by atoms with Gasteiger partial charge >= 0.3 is 0 Å². The summed E-state index contributed by atoms with van der Waals surface area (Å²) >= 11 is 0. The van der Waals surface area contributed by atoms with Crippen LogP contribution in [-0.4, -0.2) is 28.5 Å². The zero-order valence-electron chi connectivity index (χ0n) is 18.0. The standard InChI is InChI=1S/C24H26N2O4S/c1-17-8-10-19(11-9-17)18(2)25-24(27)20-6-5-7-21(16-20)26(3)31(28,29)23-14-12-22(30-4)13-15-23/h5-16,18H,1-4H3,(H,25,27)/t18-/m0/s1. The van der Waals surface area contributed by atoms with Crippen molar-refractivity contribution in [2.75, 3.05) is 18.5 Å². The van der Waals surface area contributed by atoms with Crippen molar-refractivity contribution >= 4 is 21.6 Å². The predicted molar refractivity (Wildman–Crippen MR) is 122 cm³/mol. The Morgan fingerprint density at radius 3 is 2.26 bits per heavy atom. The normalized spacial score (nSPS) is 12.1. The maximum absolute atomic E-state index is 13.0. The highest BCUT2D eigenvalue weighted by Crippen LogP contribution is 2.25. The fraction of sp³-hybridized carbons (Fsp3) is 0.208. The Balaban J connectivity index is 1.79. The van der Waals surface area contributed by atoms with Gasteiger partial charge in [0, 0.05) is 12.6 Å². The molecule has 3 rings (SSSR count). The molecule has 1 atom stereocenters. The number of hydrogen-bond acceptors (Lipinski definition) is 4. The predicted octanol–water partition coefficient (Wildman–Crippen LogP) is 4.32. The molecule has 1 N–H and O–H groups in total. The largest absolute Gasteiger partial charge is 0.497 e. The molecule has 3 aromatic carbocycles. The molecule has 0 aliphatic heterocycles. The van der Waals surface area contributed by atoms with E-state index in [9.17, 15) is 13.2 Å². The van der Waals surface area contributed by atoms with Gasteiger partial charge in [-0.25, -0.2) is 8.42 Å². The fourth-order valence-corrected chi connectivity index (χ4v) is 4.29. The first-order chi connectivity index (χ1) is 14.7. The van der Waals surface area contributed by atoms with Crippen molar-refractivity contribution in [3.8, 4) is 5.75 Å². The molecule has 31 heavy (non-hydrogen) atoms. The van der Waals surface area contributed by atoms with Crippen molar-refractivity contribution in [1.29, 1.82) is 0 Å². The highest BCUT2D eigenvalue weighted by atomic mass is 32.2. The minimum Gasteiger partial charge on any atom is -0.497 e. The van der Waals surface area contributed by atoms with Gasteiger partial charge in [-0.1, -0.05) is 35.9 Å². The third-order valence-electron chi connectivity index (χ3n) is 5.11. The molecule has 0 spiro atoms. The van der Waals surface area contributed by atoms with Crippen LogP contribution in [0.4, 0.5) is 5.69 Å². The van der Waals surface area contributed by atoms with E-state index in [-0.39, 0.29) is 16.8 Å². The number of rotatable bonds is 7. The summed E-state index contributed by atoms with van der Waals surface area (Å²) in [4.78, 5) is 12.9. The Morgan fingerprint density at radius 2 is 1.65 bits per heavy atom. The lowest BCUT2D eigenvalue weighted by Crippen LogP contribution is -2.28. The minimum atomic E-state index is -3.78. The second-order valence-electron chi connectivity index (χ2n) is 7.30. The molecule has 0 heterocycles. The number of carbonyl (C=O) groups is 1. The lowest BCUT2D eigenvalue weighted by Gasteiger charge is -2.21. The Hall–Kier alpha value is -3.32. The number of ether oxygens (including phenoxy) is 1. The molecule has 0 fully saturated rings. The first-order valence-electron chi connectivity index (χ1n) is 9.83. The van der Waals surface area contributed by atoms with Crippen molar-refractivity contribution in [2.24, 2.45) is 0 Å². The molecule has 162 valence electrons. The van der Waals surface area contributed by atoms with E-state index >= 15 is 0 Å². The molecule has 3 aromatic rings. The zero-order valence-corrected chi connectivity index (χ0v) is 18.8. The number of carbonyl (C=O) groups excluding carboxylic acids is 1. The number of anilines is 1. The average molecular weight is 439 g/mol. The van der Waals surface area contributed by atoms with Crippen molar-refractivity contribution in [1.82, 2.24) is 5.32 Å². The molecule has 0 saturated carbocycles. The number of benzene rings is 3. The SMILES string of the molecule is COc1ccc(S(=O)(=O)N(C)c2cccc(C(=O)N[C@@H](C)c3ccc(C)cc3)c2)cc1. The smallest absolute Gasteiger partial charge is 0.264 e. The Kier molecular flexibility index (Phi) is 6.65. The number of aryl methyl sites for hydroxylation is 1. The number of nitrogens with zero attached hydrogens (tertiary/aromatic N) is 1. The molecule has 0 saturated heterocycles. The lowest BCUT2D eigenvalue weighted by molar-refractivity contribution is 0.0940. The highest BCUT2D eigenvalue weighted by Gasteiger charge is 2.22. The van der Waals surface area contributed by atoms with Crippen LogP contribution >= 0.6 is 0 Å². The lowest BCUT2D eigenvalue weighted by atomic mass is 10.1. The van der Waals surface area contributed by atoms with Crippen LogP contribution in [0.5, 0.6) is 5.75 Å². The molecular formula is C24H26N2O4S. The number of amides is 1. The second-order valence-corrected chi connectivity index (χ2v) is 9.27. The van der Waals surface area contributed by atoms with Gasteiger partial charge < -0.3 is 10.1 Å². The third-order valence-corrected chi connectivity index (χ3v) is 6.91. The summed E-state index contributed by atoms with van der Waals surface area (Å²) < 4.78 is 32.2. The highest BCUT2D eigenvalue weighted by molar-refractivity contribution is 7.92. The molecule has 0 aliphatic carbocycles. The number of nitrogens with one attached hydrogen (secondary N) is 1. The van der Waals surface area contributed by atoms with Gasteiger partial charge in [-0.15, -0.1) is 0 Å². The van der Waals surface area contributed by atoms with E-state index in [1.54, 1.807) is 36.4 Å². The first-order valence-corrected chi connectivity index (χ1v) is 11.3. The zero-order chi connectivity index (χ0) is 22.6. The molecule has 0 radical (unpaired) electrons. The van der Waals surface area contributed by atoms with Crippen molar-refractivity contribution < 1.29 is 17.9 Å². The van der Waals surface area contributed by atoms with Gasteiger partial charge in [0.05, 0.1) is 23.7 Å². The van der Waals surface area contributed by atoms with Crippen LogP contribution in [-0.2, 0) is 10.0 Å². The molecule has 7 heteroatoms. The molecule has 0 unspecified atom stereocenters. The van der Waals surface area contributed by atoms with E-state index in [1.807, 2.05) is 38.1 Å². The molecular weight excluding hydrogens is 412 g/mol. The van der Waals surface area contributed by atoms with Crippen LogP contribution in [0.1, 0.15) is 34.5 Å². The van der Waals surface area contributed by atoms with Crippen LogP contribution in [0.25, 0.3) is 0 Å². The van der Waals surface area contributed by atoms with Gasteiger partial charge in [0.2, 0.25) is 0 Å². The average Bonchev–Trinajstić information content (AvgIpc) is 2.79. The van der Waals surface area contributed by atoms with Crippen LogP contribution in [0.2, 0.25) is 0 Å². The number of sulfonamides is 1. The molecule has 1 amide bonds. The summed E-state index contributed by atoms with van der Waals surface area (Å²) in [6.45, 7) is 3.92. The Labute approximate surface area is 183 Å². The van der Waals surface area contributed by atoms with E-state index in [0.717, 1.165) is 15.4 Å². The molecule has 0 aliphatic rings. The van der Waals surface area contributed by atoms with E-state index in [4.69, 9.17) is 4.74 Å². The van der Waals surface area contributed by atoms with E-state index < -0.39 is 10.0 Å². The van der Waals surface area contributed by atoms with E-state index in [2.05, 4.69) is 5.32 Å². The Bertz CT molecular complexity index is 1160. The maximum atomic E-state index is 13.0. The summed E-state index contributed by atoms with van der Waals surface area (Å²) in [5, 5.41) is 2.96. The van der Waals surface area contributed by atoms with Gasteiger partial charge in [-0.3, -0.25) is 9.10 Å². The van der Waals surface area contributed by atoms with Gasteiger partial charge in [0.25, 0.3) is 15.9 Å². The van der Waals surface area contributed by atoms with E-state index in [1.165, 1.54) is 26.3 Å². The summed E-state index contributed by atoms with van der Waals surface area (Å²) in [6.07, 6.45) is 0. The van der Waals surface area contributed by atoms with Crippen molar-refractivity contribution in [2.45, 2.75) is 24.8 Å². The summed E-state index contributed by atoms with van der Waals surface area (Å²) in [5.41, 5.74) is 2.92. The Morgan fingerprint density at radius 1 is 1.00 bits per heavy atom.